The van der Waals surface area contributed by atoms with Crippen LogP contribution in [0, 0.1) is 0 Å². The van der Waals surface area contributed by atoms with Crippen LogP contribution in [-0.2, 0) is 6.54 Å². The van der Waals surface area contributed by atoms with Crippen molar-refractivity contribution in [3.63, 3.8) is 0 Å². The summed E-state index contributed by atoms with van der Waals surface area (Å²) in [5.41, 5.74) is 0. The first kappa shape index (κ1) is 24.1. The number of hydrogen-bond acceptors (Lipinski definition) is 0. The second-order valence-electron chi connectivity index (χ2n) is 8.36. The lowest BCUT2D eigenvalue weighted by atomic mass is 10.0. The predicted molar refractivity (Wildman–Crippen MR) is 122 cm³/mol. The minimum absolute atomic E-state index is 1.20. The zero-order valence-corrected chi connectivity index (χ0v) is 18.2. The standard InChI is InChI=1S/C26H47N/c1-2-3-4-5-6-7-8-9-10-11-12-13-14-15-16-17-18-19-20-21-24-27-25-22-23-26-27/h2,22-23,25-26H,1,3-21,24H2. The van der Waals surface area contributed by atoms with Gasteiger partial charge in [0.15, 0.2) is 0 Å². The number of nitrogens with zero attached hydrogens (tertiary/aromatic N) is 1. The fourth-order valence-electron chi connectivity index (χ4n) is 3.93. The van der Waals surface area contributed by atoms with E-state index in [1.165, 1.54) is 129 Å². The van der Waals surface area contributed by atoms with Crippen LogP contribution < -0.4 is 0 Å². The van der Waals surface area contributed by atoms with Gasteiger partial charge in [-0.2, -0.15) is 0 Å². The van der Waals surface area contributed by atoms with Gasteiger partial charge < -0.3 is 4.57 Å². The molecular weight excluding hydrogens is 326 g/mol. The highest BCUT2D eigenvalue weighted by Crippen LogP contribution is 2.14. The van der Waals surface area contributed by atoms with Crippen LogP contribution in [0.3, 0.4) is 0 Å². The molecule has 0 bridgehead atoms. The minimum atomic E-state index is 1.20. The first-order valence-corrected chi connectivity index (χ1v) is 12.1. The summed E-state index contributed by atoms with van der Waals surface area (Å²) in [6.07, 6.45) is 33.5. The Kier molecular flexibility index (Phi) is 17.6. The second kappa shape index (κ2) is 19.8. The smallest absolute Gasteiger partial charge is 0.0219 e. The monoisotopic (exact) mass is 373 g/mol. The van der Waals surface area contributed by atoms with Crippen molar-refractivity contribution >= 4 is 0 Å². The maximum absolute atomic E-state index is 3.78. The summed E-state index contributed by atoms with van der Waals surface area (Å²) < 4.78 is 2.30. The summed E-state index contributed by atoms with van der Waals surface area (Å²) in [7, 11) is 0. The van der Waals surface area contributed by atoms with E-state index in [4.69, 9.17) is 0 Å². The van der Waals surface area contributed by atoms with Crippen LogP contribution in [0.25, 0.3) is 0 Å². The van der Waals surface area contributed by atoms with E-state index in [1.54, 1.807) is 0 Å². The van der Waals surface area contributed by atoms with E-state index in [1.807, 2.05) is 6.08 Å². The maximum atomic E-state index is 3.78. The fourth-order valence-corrected chi connectivity index (χ4v) is 3.93. The number of unbranched alkanes of at least 4 members (excludes halogenated alkanes) is 18. The van der Waals surface area contributed by atoms with Gasteiger partial charge in [0, 0.05) is 18.9 Å². The molecule has 27 heavy (non-hydrogen) atoms. The summed E-state index contributed by atoms with van der Waals surface area (Å²) in [5, 5.41) is 0. The molecule has 1 rings (SSSR count). The Bertz CT molecular complexity index is 392. The van der Waals surface area contributed by atoms with Crippen molar-refractivity contribution in [2.24, 2.45) is 0 Å². The Morgan fingerprint density at radius 3 is 1.19 bits per heavy atom. The third-order valence-electron chi connectivity index (χ3n) is 5.74. The molecule has 0 aliphatic carbocycles. The number of aryl methyl sites for hydroxylation is 1. The molecule has 0 radical (unpaired) electrons. The van der Waals surface area contributed by atoms with Crippen LogP contribution in [0.1, 0.15) is 122 Å². The predicted octanol–water partition coefficient (Wildman–Crippen LogP) is 9.09. The van der Waals surface area contributed by atoms with Gasteiger partial charge in [-0.3, -0.25) is 0 Å². The van der Waals surface area contributed by atoms with Gasteiger partial charge in [-0.15, -0.1) is 6.58 Å². The van der Waals surface area contributed by atoms with Crippen LogP contribution in [0.15, 0.2) is 37.2 Å². The summed E-state index contributed by atoms with van der Waals surface area (Å²) >= 11 is 0. The molecule has 0 aromatic carbocycles. The number of hydrogen-bond donors (Lipinski definition) is 0. The number of rotatable bonds is 21. The molecule has 1 aromatic heterocycles. The highest BCUT2D eigenvalue weighted by Gasteiger charge is 1.95. The molecular formula is C26H47N. The van der Waals surface area contributed by atoms with E-state index in [-0.39, 0.29) is 0 Å². The van der Waals surface area contributed by atoms with E-state index < -0.39 is 0 Å². The Morgan fingerprint density at radius 2 is 0.815 bits per heavy atom. The molecule has 0 saturated carbocycles. The average molecular weight is 374 g/mol. The van der Waals surface area contributed by atoms with E-state index in [0.29, 0.717) is 0 Å². The molecule has 0 N–H and O–H groups in total. The third-order valence-corrected chi connectivity index (χ3v) is 5.74. The molecule has 156 valence electrons. The average Bonchev–Trinajstić information content (AvgIpc) is 3.20. The second-order valence-corrected chi connectivity index (χ2v) is 8.36. The van der Waals surface area contributed by atoms with E-state index >= 15 is 0 Å². The van der Waals surface area contributed by atoms with E-state index in [2.05, 4.69) is 35.7 Å². The van der Waals surface area contributed by atoms with E-state index in [9.17, 15) is 0 Å². The molecule has 0 aliphatic heterocycles. The molecule has 0 amide bonds. The molecule has 0 unspecified atom stereocenters. The van der Waals surface area contributed by atoms with Crippen LogP contribution in [0.4, 0.5) is 0 Å². The third kappa shape index (κ3) is 16.9. The van der Waals surface area contributed by atoms with Gasteiger partial charge in [0.25, 0.3) is 0 Å². The summed E-state index contributed by atoms with van der Waals surface area (Å²) in [4.78, 5) is 0. The van der Waals surface area contributed by atoms with Gasteiger partial charge in [0.2, 0.25) is 0 Å². The maximum Gasteiger partial charge on any atom is 0.0219 e. The quantitative estimate of drug-likeness (QED) is 0.149. The molecule has 1 heteroatoms. The minimum Gasteiger partial charge on any atom is -0.354 e. The molecule has 0 saturated heterocycles. The van der Waals surface area contributed by atoms with Gasteiger partial charge >= 0.3 is 0 Å². The zero-order valence-electron chi connectivity index (χ0n) is 18.2. The lowest BCUT2D eigenvalue weighted by Gasteiger charge is -2.04. The lowest BCUT2D eigenvalue weighted by molar-refractivity contribution is 0.518. The zero-order chi connectivity index (χ0) is 19.3. The Balaban J connectivity index is 1.65. The van der Waals surface area contributed by atoms with Crippen molar-refractivity contribution in [3.05, 3.63) is 37.2 Å². The van der Waals surface area contributed by atoms with Crippen molar-refractivity contribution in [2.45, 2.75) is 129 Å². The highest BCUT2D eigenvalue weighted by molar-refractivity contribution is 4.89. The van der Waals surface area contributed by atoms with Crippen molar-refractivity contribution < 1.29 is 0 Å². The van der Waals surface area contributed by atoms with Crippen molar-refractivity contribution in [1.82, 2.24) is 4.57 Å². The molecule has 1 aromatic rings. The van der Waals surface area contributed by atoms with Gasteiger partial charge in [-0.25, -0.2) is 0 Å². The first-order chi connectivity index (χ1) is 13.4. The van der Waals surface area contributed by atoms with Crippen LogP contribution in [0.5, 0.6) is 0 Å². The van der Waals surface area contributed by atoms with E-state index in [0.717, 1.165) is 0 Å². The summed E-state index contributed by atoms with van der Waals surface area (Å²) in [5.74, 6) is 0. The topological polar surface area (TPSA) is 4.93 Å². The molecule has 0 atom stereocenters. The molecule has 1 heterocycles. The molecule has 0 aliphatic rings. The highest BCUT2D eigenvalue weighted by atomic mass is 14.9. The Morgan fingerprint density at radius 1 is 0.481 bits per heavy atom. The van der Waals surface area contributed by atoms with Crippen LogP contribution >= 0.6 is 0 Å². The van der Waals surface area contributed by atoms with Gasteiger partial charge in [0.05, 0.1) is 0 Å². The molecule has 0 fully saturated rings. The van der Waals surface area contributed by atoms with Crippen LogP contribution in [0.2, 0.25) is 0 Å². The molecule has 0 spiro atoms. The van der Waals surface area contributed by atoms with Crippen molar-refractivity contribution in [2.75, 3.05) is 0 Å². The summed E-state index contributed by atoms with van der Waals surface area (Å²) in [6, 6.07) is 4.24. The van der Waals surface area contributed by atoms with Crippen LogP contribution in [-0.4, -0.2) is 4.57 Å². The summed E-state index contributed by atoms with van der Waals surface area (Å²) in [6.45, 7) is 4.98. The lowest BCUT2D eigenvalue weighted by Crippen LogP contribution is -1.93. The van der Waals surface area contributed by atoms with Gasteiger partial charge in [-0.1, -0.05) is 109 Å². The van der Waals surface area contributed by atoms with Crippen molar-refractivity contribution in [3.8, 4) is 0 Å². The largest absolute Gasteiger partial charge is 0.354 e. The first-order valence-electron chi connectivity index (χ1n) is 12.1. The number of allylic oxidation sites excluding steroid dienone is 1. The Labute approximate surface area is 170 Å². The Hall–Kier alpha value is -0.980. The number of aromatic nitrogens is 1. The molecule has 1 nitrogen and oxygen atoms in total. The SMILES string of the molecule is C=CCCCCCCCCCCCCCCCCCCCCn1cccc1. The van der Waals surface area contributed by atoms with Gasteiger partial charge in [0.1, 0.15) is 0 Å². The normalized spacial score (nSPS) is 11.1. The van der Waals surface area contributed by atoms with Crippen molar-refractivity contribution in [1.29, 1.82) is 0 Å². The fraction of sp³-hybridized carbons (Fsp3) is 0.769. The van der Waals surface area contributed by atoms with Gasteiger partial charge in [-0.05, 0) is 31.4 Å².